The van der Waals surface area contributed by atoms with E-state index in [4.69, 9.17) is 4.74 Å². The quantitative estimate of drug-likeness (QED) is 0.365. The Morgan fingerprint density at radius 3 is 3.00 bits per heavy atom. The molecule has 1 rings (SSSR count). The lowest BCUT2D eigenvalue weighted by Gasteiger charge is -2.05. The molecule has 0 saturated carbocycles. The van der Waals surface area contributed by atoms with Crippen LogP contribution in [0.15, 0.2) is 0 Å². The molecule has 0 amide bonds. The Morgan fingerprint density at radius 2 is 2.46 bits per heavy atom. The SMILES string of the molecule is CCOC(=O)C#CC1CCNC1C. The number of carbonyl (C=O) groups is 1. The summed E-state index contributed by atoms with van der Waals surface area (Å²) in [6, 6.07) is 0.391. The summed E-state index contributed by atoms with van der Waals surface area (Å²) in [6.45, 7) is 5.24. The molecule has 3 nitrogen and oxygen atoms in total. The third-order valence-electron chi connectivity index (χ3n) is 2.16. The first-order valence-electron chi connectivity index (χ1n) is 4.65. The lowest BCUT2D eigenvalue weighted by molar-refractivity contribution is -0.136. The summed E-state index contributed by atoms with van der Waals surface area (Å²) in [5.74, 6) is 5.31. The van der Waals surface area contributed by atoms with Crippen LogP contribution in [0.25, 0.3) is 0 Å². The van der Waals surface area contributed by atoms with Crippen molar-refractivity contribution in [3.05, 3.63) is 0 Å². The minimum atomic E-state index is -0.415. The van der Waals surface area contributed by atoms with E-state index in [2.05, 4.69) is 24.1 Å². The van der Waals surface area contributed by atoms with E-state index < -0.39 is 5.97 Å². The van der Waals surface area contributed by atoms with Gasteiger partial charge in [0.25, 0.3) is 0 Å². The zero-order valence-electron chi connectivity index (χ0n) is 8.09. The van der Waals surface area contributed by atoms with Crippen molar-refractivity contribution in [2.24, 2.45) is 5.92 Å². The van der Waals surface area contributed by atoms with E-state index in [-0.39, 0.29) is 0 Å². The van der Waals surface area contributed by atoms with Crippen LogP contribution in [0.1, 0.15) is 20.3 Å². The summed E-state index contributed by atoms with van der Waals surface area (Å²) in [7, 11) is 0. The number of nitrogens with one attached hydrogen (secondary N) is 1. The molecule has 0 aromatic heterocycles. The zero-order valence-corrected chi connectivity index (χ0v) is 8.09. The Kier molecular flexibility index (Phi) is 3.78. The average molecular weight is 181 g/mol. The molecule has 0 bridgehead atoms. The van der Waals surface area contributed by atoms with Gasteiger partial charge in [-0.25, -0.2) is 4.79 Å². The molecule has 0 aromatic carbocycles. The normalized spacial score (nSPS) is 26.3. The summed E-state index contributed by atoms with van der Waals surface area (Å²) >= 11 is 0. The molecule has 0 spiro atoms. The van der Waals surface area contributed by atoms with Crippen LogP contribution in [-0.4, -0.2) is 25.2 Å². The van der Waals surface area contributed by atoms with E-state index >= 15 is 0 Å². The lowest BCUT2D eigenvalue weighted by Crippen LogP contribution is -2.21. The fourth-order valence-corrected chi connectivity index (χ4v) is 1.37. The van der Waals surface area contributed by atoms with Crippen LogP contribution >= 0.6 is 0 Å². The summed E-state index contributed by atoms with van der Waals surface area (Å²) in [5, 5.41) is 3.27. The molecule has 13 heavy (non-hydrogen) atoms. The van der Waals surface area contributed by atoms with Gasteiger partial charge in [-0.3, -0.25) is 0 Å². The highest BCUT2D eigenvalue weighted by molar-refractivity contribution is 5.88. The van der Waals surface area contributed by atoms with Crippen LogP contribution in [0, 0.1) is 17.8 Å². The van der Waals surface area contributed by atoms with Gasteiger partial charge in [0.05, 0.1) is 6.61 Å². The molecule has 1 N–H and O–H groups in total. The maximum atomic E-state index is 10.9. The molecular formula is C10H15NO2. The minimum Gasteiger partial charge on any atom is -0.456 e. The highest BCUT2D eigenvalue weighted by Crippen LogP contribution is 2.13. The van der Waals surface area contributed by atoms with Crippen molar-refractivity contribution < 1.29 is 9.53 Å². The van der Waals surface area contributed by atoms with Crippen LogP contribution in [0.2, 0.25) is 0 Å². The van der Waals surface area contributed by atoms with Gasteiger partial charge < -0.3 is 10.1 Å². The fourth-order valence-electron chi connectivity index (χ4n) is 1.37. The van der Waals surface area contributed by atoms with Gasteiger partial charge in [-0.15, -0.1) is 0 Å². The molecule has 1 fully saturated rings. The van der Waals surface area contributed by atoms with E-state index in [1.165, 1.54) is 0 Å². The third-order valence-corrected chi connectivity index (χ3v) is 2.16. The molecule has 2 atom stereocenters. The van der Waals surface area contributed by atoms with Crippen LogP contribution in [0.5, 0.6) is 0 Å². The van der Waals surface area contributed by atoms with Gasteiger partial charge in [0.1, 0.15) is 0 Å². The number of hydrogen-bond donors (Lipinski definition) is 1. The van der Waals surface area contributed by atoms with Crippen LogP contribution in [-0.2, 0) is 9.53 Å². The van der Waals surface area contributed by atoms with Gasteiger partial charge >= 0.3 is 5.97 Å². The fraction of sp³-hybridized carbons (Fsp3) is 0.700. The molecule has 0 radical (unpaired) electrons. The Balaban J connectivity index is 2.41. The van der Waals surface area contributed by atoms with Gasteiger partial charge in [0.15, 0.2) is 0 Å². The topological polar surface area (TPSA) is 38.3 Å². The predicted molar refractivity (Wildman–Crippen MR) is 50.0 cm³/mol. The molecule has 1 saturated heterocycles. The summed E-state index contributed by atoms with van der Waals surface area (Å²) < 4.78 is 4.70. The van der Waals surface area contributed by atoms with Crippen molar-refractivity contribution in [2.45, 2.75) is 26.3 Å². The highest BCUT2D eigenvalue weighted by atomic mass is 16.5. The van der Waals surface area contributed by atoms with Crippen molar-refractivity contribution >= 4 is 5.97 Å². The Morgan fingerprint density at radius 1 is 1.69 bits per heavy atom. The van der Waals surface area contributed by atoms with E-state index in [0.29, 0.717) is 18.6 Å². The van der Waals surface area contributed by atoms with Gasteiger partial charge in [0.2, 0.25) is 0 Å². The molecule has 0 aliphatic carbocycles. The monoisotopic (exact) mass is 181 g/mol. The Hall–Kier alpha value is -1.01. The predicted octanol–water partition coefficient (Wildman–Crippen LogP) is 0.551. The molecule has 0 aromatic rings. The second kappa shape index (κ2) is 4.88. The largest absolute Gasteiger partial charge is 0.456 e. The molecule has 72 valence electrons. The lowest BCUT2D eigenvalue weighted by atomic mass is 10.0. The number of hydrogen-bond acceptors (Lipinski definition) is 3. The zero-order chi connectivity index (χ0) is 9.68. The highest BCUT2D eigenvalue weighted by Gasteiger charge is 2.20. The minimum absolute atomic E-state index is 0.296. The smallest absolute Gasteiger partial charge is 0.384 e. The average Bonchev–Trinajstić information content (AvgIpc) is 2.48. The number of rotatable bonds is 1. The van der Waals surface area contributed by atoms with Crippen molar-refractivity contribution in [3.63, 3.8) is 0 Å². The molecule has 2 unspecified atom stereocenters. The van der Waals surface area contributed by atoms with Crippen molar-refractivity contribution in [2.75, 3.05) is 13.2 Å². The molecule has 1 heterocycles. The summed E-state index contributed by atoms with van der Waals surface area (Å²) in [5.41, 5.74) is 0. The Labute approximate surface area is 78.8 Å². The van der Waals surface area contributed by atoms with Gasteiger partial charge in [-0.2, -0.15) is 0 Å². The maximum absolute atomic E-state index is 10.9. The van der Waals surface area contributed by atoms with Gasteiger partial charge in [-0.1, -0.05) is 5.92 Å². The summed E-state index contributed by atoms with van der Waals surface area (Å²) in [6.07, 6.45) is 1.02. The van der Waals surface area contributed by atoms with Gasteiger partial charge in [0, 0.05) is 17.9 Å². The van der Waals surface area contributed by atoms with Crippen LogP contribution in [0.3, 0.4) is 0 Å². The molecular weight excluding hydrogens is 166 g/mol. The van der Waals surface area contributed by atoms with E-state index in [1.807, 2.05) is 0 Å². The summed E-state index contributed by atoms with van der Waals surface area (Å²) in [4.78, 5) is 10.9. The molecule has 1 aliphatic heterocycles. The molecule has 1 aliphatic rings. The first-order chi connectivity index (χ1) is 6.24. The van der Waals surface area contributed by atoms with Crippen LogP contribution < -0.4 is 5.32 Å². The first kappa shape index (κ1) is 10.1. The second-order valence-corrected chi connectivity index (χ2v) is 3.13. The van der Waals surface area contributed by atoms with Crippen molar-refractivity contribution in [1.29, 1.82) is 0 Å². The van der Waals surface area contributed by atoms with Gasteiger partial charge in [-0.05, 0) is 26.8 Å². The van der Waals surface area contributed by atoms with Crippen molar-refractivity contribution in [3.8, 4) is 11.8 Å². The molecule has 3 heteroatoms. The van der Waals surface area contributed by atoms with E-state index in [9.17, 15) is 4.79 Å². The van der Waals surface area contributed by atoms with Crippen LogP contribution in [0.4, 0.5) is 0 Å². The van der Waals surface area contributed by atoms with Crippen molar-refractivity contribution in [1.82, 2.24) is 5.32 Å². The standard InChI is InChI=1S/C10H15NO2/c1-3-13-10(12)5-4-9-6-7-11-8(9)2/h8-9,11H,3,6-7H2,1-2H3. The maximum Gasteiger partial charge on any atom is 0.384 e. The Bertz CT molecular complexity index is 239. The second-order valence-electron chi connectivity index (χ2n) is 3.13. The third kappa shape index (κ3) is 3.08. The first-order valence-corrected chi connectivity index (χ1v) is 4.65. The van der Waals surface area contributed by atoms with E-state index in [0.717, 1.165) is 13.0 Å². The number of ether oxygens (including phenoxy) is 1. The number of carbonyl (C=O) groups excluding carboxylic acids is 1. The van der Waals surface area contributed by atoms with E-state index in [1.54, 1.807) is 6.92 Å². The number of esters is 1.